The molecule has 0 saturated heterocycles. The third kappa shape index (κ3) is 3.20. The molecule has 7 heteroatoms. The van der Waals surface area contributed by atoms with Gasteiger partial charge >= 0.3 is 5.97 Å². The SMILES string of the molecule is CC(C(=O)O)c1cc(C(O)(CN)C2CC2)nc(-c2ccc(F)cc2)c1F. The molecule has 2 atom stereocenters. The Bertz CT molecular complexity index is 837. The Balaban J connectivity index is 2.22. The first-order valence-electron chi connectivity index (χ1n) is 8.40. The standard InChI is InChI=1S/C19H20F2N2O3/c1-10(18(24)25)14-8-15(19(26,9-22)12-4-5-12)23-17(16(14)21)11-2-6-13(20)7-3-11/h2-3,6-8,10,12,26H,4-5,9,22H2,1H3,(H,24,25). The predicted molar refractivity (Wildman–Crippen MR) is 91.3 cm³/mol. The number of aliphatic carboxylic acids is 1. The molecule has 0 aliphatic heterocycles. The van der Waals surface area contributed by atoms with E-state index >= 15 is 4.39 Å². The highest BCUT2D eigenvalue weighted by Crippen LogP contribution is 2.45. The van der Waals surface area contributed by atoms with Gasteiger partial charge in [0.05, 0.1) is 11.6 Å². The second-order valence-corrected chi connectivity index (χ2v) is 6.73. The number of rotatable bonds is 6. The maximum absolute atomic E-state index is 15.0. The van der Waals surface area contributed by atoms with Gasteiger partial charge in [-0.3, -0.25) is 4.79 Å². The molecule has 1 aliphatic carbocycles. The number of carbonyl (C=O) groups is 1. The topological polar surface area (TPSA) is 96.4 Å². The number of benzene rings is 1. The zero-order valence-electron chi connectivity index (χ0n) is 14.2. The van der Waals surface area contributed by atoms with E-state index < -0.39 is 29.1 Å². The Kier molecular flexibility index (Phi) is 4.77. The van der Waals surface area contributed by atoms with Gasteiger partial charge in [-0.25, -0.2) is 13.8 Å². The molecule has 0 amide bonds. The van der Waals surface area contributed by atoms with Gasteiger partial charge in [0.2, 0.25) is 0 Å². The molecule has 1 aromatic carbocycles. The molecular formula is C19H20F2N2O3. The lowest BCUT2D eigenvalue weighted by molar-refractivity contribution is -0.138. The first kappa shape index (κ1) is 18.4. The van der Waals surface area contributed by atoms with E-state index in [2.05, 4.69) is 4.98 Å². The van der Waals surface area contributed by atoms with E-state index in [-0.39, 0.29) is 29.4 Å². The molecule has 1 aliphatic rings. The highest BCUT2D eigenvalue weighted by atomic mass is 19.1. The van der Waals surface area contributed by atoms with Crippen LogP contribution in [0.3, 0.4) is 0 Å². The van der Waals surface area contributed by atoms with Crippen LogP contribution in [0.1, 0.15) is 36.9 Å². The summed E-state index contributed by atoms with van der Waals surface area (Å²) in [5.74, 6) is -3.73. The van der Waals surface area contributed by atoms with Crippen molar-refractivity contribution in [3.63, 3.8) is 0 Å². The Morgan fingerprint density at radius 3 is 2.46 bits per heavy atom. The van der Waals surface area contributed by atoms with Crippen molar-refractivity contribution in [2.24, 2.45) is 11.7 Å². The summed E-state index contributed by atoms with van der Waals surface area (Å²) >= 11 is 0. The van der Waals surface area contributed by atoms with E-state index in [0.717, 1.165) is 12.8 Å². The van der Waals surface area contributed by atoms with Crippen molar-refractivity contribution in [3.8, 4) is 11.3 Å². The van der Waals surface area contributed by atoms with E-state index in [1.807, 2.05) is 0 Å². The minimum atomic E-state index is -1.45. The van der Waals surface area contributed by atoms with Gasteiger partial charge in [0.1, 0.15) is 17.1 Å². The molecule has 26 heavy (non-hydrogen) atoms. The maximum atomic E-state index is 15.0. The van der Waals surface area contributed by atoms with Crippen molar-refractivity contribution >= 4 is 5.97 Å². The van der Waals surface area contributed by atoms with Crippen LogP contribution in [-0.2, 0) is 10.4 Å². The lowest BCUT2D eigenvalue weighted by Gasteiger charge is -2.27. The molecule has 1 heterocycles. The molecule has 3 rings (SSSR count). The normalized spacial score (nSPS) is 17.6. The highest BCUT2D eigenvalue weighted by Gasteiger charge is 2.46. The summed E-state index contributed by atoms with van der Waals surface area (Å²) in [6.45, 7) is 1.25. The maximum Gasteiger partial charge on any atom is 0.310 e. The average molecular weight is 362 g/mol. The number of carboxylic acid groups (broad SMARTS) is 1. The Morgan fingerprint density at radius 2 is 1.96 bits per heavy atom. The van der Waals surface area contributed by atoms with Gasteiger partial charge in [-0.05, 0) is 56.0 Å². The number of hydrogen-bond donors (Lipinski definition) is 3. The van der Waals surface area contributed by atoms with Crippen LogP contribution in [0.4, 0.5) is 8.78 Å². The Labute approximate surface area is 149 Å². The van der Waals surface area contributed by atoms with Crippen LogP contribution in [0.5, 0.6) is 0 Å². The number of hydrogen-bond acceptors (Lipinski definition) is 4. The van der Waals surface area contributed by atoms with Crippen molar-refractivity contribution in [1.82, 2.24) is 4.98 Å². The fourth-order valence-corrected chi connectivity index (χ4v) is 3.06. The van der Waals surface area contributed by atoms with E-state index in [1.54, 1.807) is 0 Å². The number of nitrogens with two attached hydrogens (primary N) is 1. The summed E-state index contributed by atoms with van der Waals surface area (Å²) in [5, 5.41) is 20.3. The van der Waals surface area contributed by atoms with Gasteiger partial charge in [0.25, 0.3) is 0 Å². The molecule has 2 unspecified atom stereocenters. The summed E-state index contributed by atoms with van der Waals surface area (Å²) < 4.78 is 28.2. The van der Waals surface area contributed by atoms with Crippen LogP contribution in [0.15, 0.2) is 30.3 Å². The van der Waals surface area contributed by atoms with E-state index in [0.29, 0.717) is 5.56 Å². The summed E-state index contributed by atoms with van der Waals surface area (Å²) in [6, 6.07) is 6.34. The van der Waals surface area contributed by atoms with Gasteiger partial charge < -0.3 is 15.9 Å². The minimum Gasteiger partial charge on any atom is -0.481 e. The molecule has 4 N–H and O–H groups in total. The zero-order valence-corrected chi connectivity index (χ0v) is 14.2. The summed E-state index contributed by atoms with van der Waals surface area (Å²) in [5.41, 5.74) is 4.53. The van der Waals surface area contributed by atoms with E-state index in [9.17, 15) is 19.4 Å². The van der Waals surface area contributed by atoms with Crippen molar-refractivity contribution in [1.29, 1.82) is 0 Å². The van der Waals surface area contributed by atoms with Gasteiger partial charge in [-0.15, -0.1) is 0 Å². The largest absolute Gasteiger partial charge is 0.481 e. The molecule has 0 spiro atoms. The first-order chi connectivity index (χ1) is 12.3. The molecule has 2 aromatic rings. The molecular weight excluding hydrogens is 342 g/mol. The monoisotopic (exact) mass is 362 g/mol. The Hall–Kier alpha value is -2.38. The molecule has 1 aromatic heterocycles. The molecule has 0 bridgehead atoms. The number of nitrogens with zero attached hydrogens (tertiary/aromatic N) is 1. The minimum absolute atomic E-state index is 0.0886. The number of carboxylic acids is 1. The average Bonchev–Trinajstić information content (AvgIpc) is 3.47. The second-order valence-electron chi connectivity index (χ2n) is 6.73. The van der Waals surface area contributed by atoms with Crippen molar-refractivity contribution < 1.29 is 23.8 Å². The summed E-state index contributed by atoms with van der Waals surface area (Å²) in [7, 11) is 0. The van der Waals surface area contributed by atoms with Crippen LogP contribution in [0.2, 0.25) is 0 Å². The second kappa shape index (κ2) is 6.74. The zero-order chi connectivity index (χ0) is 19.1. The van der Waals surface area contributed by atoms with Crippen LogP contribution in [0, 0.1) is 17.6 Å². The number of aromatic nitrogens is 1. The molecule has 1 fully saturated rings. The van der Waals surface area contributed by atoms with Gasteiger partial charge in [0.15, 0.2) is 5.82 Å². The Morgan fingerprint density at radius 1 is 1.35 bits per heavy atom. The van der Waals surface area contributed by atoms with Crippen LogP contribution >= 0.6 is 0 Å². The van der Waals surface area contributed by atoms with E-state index in [4.69, 9.17) is 5.73 Å². The quantitative estimate of drug-likeness (QED) is 0.734. The molecule has 5 nitrogen and oxygen atoms in total. The van der Waals surface area contributed by atoms with Crippen molar-refractivity contribution in [2.75, 3.05) is 6.54 Å². The molecule has 138 valence electrons. The lowest BCUT2D eigenvalue weighted by atomic mass is 9.89. The third-order valence-electron chi connectivity index (χ3n) is 4.95. The smallest absolute Gasteiger partial charge is 0.310 e. The third-order valence-corrected chi connectivity index (χ3v) is 4.95. The van der Waals surface area contributed by atoms with Crippen LogP contribution in [0.25, 0.3) is 11.3 Å². The number of pyridine rings is 1. The first-order valence-corrected chi connectivity index (χ1v) is 8.40. The number of aliphatic hydroxyl groups is 1. The molecule has 1 saturated carbocycles. The van der Waals surface area contributed by atoms with Crippen molar-refractivity contribution in [3.05, 3.63) is 53.2 Å². The highest BCUT2D eigenvalue weighted by molar-refractivity contribution is 5.76. The lowest BCUT2D eigenvalue weighted by Crippen LogP contribution is -2.38. The predicted octanol–water partition coefficient (Wildman–Crippen LogP) is 2.77. The fraction of sp³-hybridized carbons (Fsp3) is 0.368. The van der Waals surface area contributed by atoms with Crippen LogP contribution in [-0.4, -0.2) is 27.7 Å². The number of halogens is 2. The van der Waals surface area contributed by atoms with Gasteiger partial charge in [-0.1, -0.05) is 0 Å². The van der Waals surface area contributed by atoms with E-state index in [1.165, 1.54) is 37.3 Å². The fourth-order valence-electron chi connectivity index (χ4n) is 3.06. The summed E-state index contributed by atoms with van der Waals surface area (Å²) in [6.07, 6.45) is 1.53. The molecule has 0 radical (unpaired) electrons. The summed E-state index contributed by atoms with van der Waals surface area (Å²) in [4.78, 5) is 15.7. The van der Waals surface area contributed by atoms with Crippen molar-refractivity contribution in [2.45, 2.75) is 31.3 Å². The van der Waals surface area contributed by atoms with Gasteiger partial charge in [-0.2, -0.15) is 0 Å². The van der Waals surface area contributed by atoms with Gasteiger partial charge in [0, 0.05) is 17.7 Å². The van der Waals surface area contributed by atoms with Crippen LogP contribution < -0.4 is 5.73 Å².